The Hall–Kier alpha value is -0.640. The summed E-state index contributed by atoms with van der Waals surface area (Å²) in [6.45, 7) is -2.83. The molecule has 0 spiro atoms. The lowest BCUT2D eigenvalue weighted by atomic mass is 9.87. The van der Waals surface area contributed by atoms with Crippen LogP contribution in [0.3, 0.4) is 0 Å². The summed E-state index contributed by atoms with van der Waals surface area (Å²) in [5.41, 5.74) is 0. The molecule has 0 aromatic rings. The Labute approximate surface area is 218 Å². The lowest BCUT2D eigenvalue weighted by molar-refractivity contribution is -0.282. The Kier molecular flexibility index (Phi) is 12.0. The van der Waals surface area contributed by atoms with Gasteiger partial charge in [0.2, 0.25) is 0 Å². The Balaban J connectivity index is 1.50. The molecule has 16 heteroatoms. The fourth-order valence-electron chi connectivity index (χ4n) is 4.96. The van der Waals surface area contributed by atoms with Crippen molar-refractivity contribution >= 4 is 0 Å². The van der Waals surface area contributed by atoms with Gasteiger partial charge in [0.1, 0.15) is 48.8 Å². The van der Waals surface area contributed by atoms with Crippen molar-refractivity contribution in [2.24, 2.45) is 11.8 Å². The summed E-state index contributed by atoms with van der Waals surface area (Å²) >= 11 is 0. The van der Waals surface area contributed by atoms with Crippen LogP contribution in [0.2, 0.25) is 0 Å². The van der Waals surface area contributed by atoms with Crippen LogP contribution in [-0.2, 0) is 23.7 Å². The van der Waals surface area contributed by atoms with Crippen LogP contribution in [0, 0.1) is 11.8 Å². The first-order chi connectivity index (χ1) is 18.0. The average Bonchev–Trinajstić information content (AvgIpc) is 2.91. The smallest absolute Gasteiger partial charge is 0.183 e. The molecule has 11 N–H and O–H groups in total. The fourth-order valence-corrected chi connectivity index (χ4v) is 4.96. The third kappa shape index (κ3) is 6.98. The Bertz CT molecular complexity index is 696. The predicted octanol–water partition coefficient (Wildman–Crippen LogP) is -6.99. The third-order valence-electron chi connectivity index (χ3n) is 7.41. The highest BCUT2D eigenvalue weighted by molar-refractivity contribution is 4.94. The van der Waals surface area contributed by atoms with Crippen molar-refractivity contribution in [3.63, 3.8) is 0 Å². The summed E-state index contributed by atoms with van der Waals surface area (Å²) in [5, 5.41) is 109. The number of aliphatic hydroxyl groups excluding tert-OH is 11. The van der Waals surface area contributed by atoms with E-state index in [1.54, 1.807) is 0 Å². The van der Waals surface area contributed by atoms with Gasteiger partial charge in [0.15, 0.2) is 6.29 Å². The fraction of sp³-hybridized carbons (Fsp3) is 1.00. The molecule has 0 bridgehead atoms. The minimum atomic E-state index is -1.68. The first-order valence-electron chi connectivity index (χ1n) is 12.4. The van der Waals surface area contributed by atoms with E-state index in [-0.39, 0.29) is 26.4 Å². The predicted molar refractivity (Wildman–Crippen MR) is 120 cm³/mol. The van der Waals surface area contributed by atoms with Crippen LogP contribution in [0.1, 0.15) is 0 Å². The summed E-state index contributed by atoms with van der Waals surface area (Å²) in [5.74, 6) is -1.83. The second kappa shape index (κ2) is 14.3. The maximum Gasteiger partial charge on any atom is 0.183 e. The number of ether oxygens (including phenoxy) is 5. The number of rotatable bonds is 11. The molecule has 3 aliphatic heterocycles. The molecule has 38 heavy (non-hydrogen) atoms. The van der Waals surface area contributed by atoms with Crippen LogP contribution in [0.25, 0.3) is 0 Å². The van der Waals surface area contributed by atoms with Crippen molar-refractivity contribution in [1.29, 1.82) is 0 Å². The highest BCUT2D eigenvalue weighted by Gasteiger charge is 2.47. The summed E-state index contributed by atoms with van der Waals surface area (Å²) in [6, 6.07) is 0. The molecule has 0 aromatic heterocycles. The SMILES string of the molecule is OC[C@H]1O[C@H](COC[C@H]2[C@H](O)[C@@H](O)[C@@H](COC[C@H]3[C@H](O)[C@@H](O)[C@@H](O)O[C@@H]3CO)O[C@@H]2CO)[C@H](O)[C@@H](O)[C@@H]1O. The normalized spacial score (nSPS) is 48.2. The molecule has 3 fully saturated rings. The minimum Gasteiger partial charge on any atom is -0.394 e. The average molecular weight is 561 g/mol. The van der Waals surface area contributed by atoms with E-state index in [1.807, 2.05) is 0 Å². The Morgan fingerprint density at radius 1 is 0.395 bits per heavy atom. The molecule has 3 rings (SSSR count). The maximum absolute atomic E-state index is 10.7. The molecule has 0 amide bonds. The van der Waals surface area contributed by atoms with Crippen LogP contribution in [0.4, 0.5) is 0 Å². The van der Waals surface area contributed by atoms with Crippen LogP contribution < -0.4 is 0 Å². The number of aliphatic hydroxyl groups is 11. The highest BCUT2D eigenvalue weighted by atomic mass is 16.6. The van der Waals surface area contributed by atoms with Crippen LogP contribution in [-0.4, -0.2) is 182 Å². The summed E-state index contributed by atoms with van der Waals surface area (Å²) in [4.78, 5) is 0. The van der Waals surface area contributed by atoms with Crippen molar-refractivity contribution in [3.05, 3.63) is 0 Å². The highest BCUT2D eigenvalue weighted by Crippen LogP contribution is 2.29. The standard InChI is InChI=1S/C22H40O16/c23-1-10-8(4-34-7-14-19(30)20(31)17(28)12(3-25)37-14)15(26)18(29)13(36-10)6-35-5-9-11(2-24)38-22(33)21(32)16(9)27/h8-33H,1-7H2/t8-,9-,10-,11-,12-,13-,14-,15+,16+,17-,18+,19+,20+,21-,22+/m1/s1. The second-order valence-corrected chi connectivity index (χ2v) is 9.88. The molecule has 0 aromatic carbocycles. The summed E-state index contributed by atoms with van der Waals surface area (Å²) in [6.07, 6.45) is -17.6. The Morgan fingerprint density at radius 2 is 0.789 bits per heavy atom. The quantitative estimate of drug-likeness (QED) is 0.112. The zero-order chi connectivity index (χ0) is 28.1. The first kappa shape index (κ1) is 31.9. The zero-order valence-electron chi connectivity index (χ0n) is 20.6. The van der Waals surface area contributed by atoms with Crippen LogP contribution in [0.15, 0.2) is 0 Å². The van der Waals surface area contributed by atoms with Crippen LogP contribution >= 0.6 is 0 Å². The van der Waals surface area contributed by atoms with E-state index >= 15 is 0 Å². The molecular weight excluding hydrogens is 520 g/mol. The van der Waals surface area contributed by atoms with Crippen LogP contribution in [0.5, 0.6) is 0 Å². The second-order valence-electron chi connectivity index (χ2n) is 9.88. The number of hydrogen-bond acceptors (Lipinski definition) is 16. The van der Waals surface area contributed by atoms with E-state index < -0.39 is 111 Å². The molecule has 15 atom stereocenters. The van der Waals surface area contributed by atoms with Gasteiger partial charge in [-0.2, -0.15) is 0 Å². The van der Waals surface area contributed by atoms with Crippen molar-refractivity contribution in [2.75, 3.05) is 46.2 Å². The molecule has 3 aliphatic rings. The molecule has 0 aliphatic carbocycles. The van der Waals surface area contributed by atoms with Gasteiger partial charge in [-0.25, -0.2) is 0 Å². The lowest BCUT2D eigenvalue weighted by Crippen LogP contribution is -2.60. The third-order valence-corrected chi connectivity index (χ3v) is 7.41. The molecule has 0 unspecified atom stereocenters. The maximum atomic E-state index is 10.7. The van der Waals surface area contributed by atoms with Gasteiger partial charge in [-0.1, -0.05) is 0 Å². The van der Waals surface area contributed by atoms with E-state index in [0.29, 0.717) is 0 Å². The van der Waals surface area contributed by atoms with Crippen molar-refractivity contribution in [3.8, 4) is 0 Å². The van der Waals surface area contributed by atoms with Crippen molar-refractivity contribution in [1.82, 2.24) is 0 Å². The van der Waals surface area contributed by atoms with E-state index in [1.165, 1.54) is 0 Å². The van der Waals surface area contributed by atoms with Gasteiger partial charge < -0.3 is 79.9 Å². The molecule has 0 saturated carbocycles. The lowest BCUT2D eigenvalue weighted by Gasteiger charge is -2.43. The monoisotopic (exact) mass is 560 g/mol. The van der Waals surface area contributed by atoms with Gasteiger partial charge in [-0.15, -0.1) is 0 Å². The molecule has 16 nitrogen and oxygen atoms in total. The van der Waals surface area contributed by atoms with Gasteiger partial charge in [-0.3, -0.25) is 0 Å². The summed E-state index contributed by atoms with van der Waals surface area (Å²) in [7, 11) is 0. The van der Waals surface area contributed by atoms with E-state index in [2.05, 4.69) is 0 Å². The van der Waals surface area contributed by atoms with Crippen molar-refractivity contribution < 1.29 is 79.9 Å². The molecule has 224 valence electrons. The van der Waals surface area contributed by atoms with E-state index in [0.717, 1.165) is 0 Å². The van der Waals surface area contributed by atoms with E-state index in [4.69, 9.17) is 23.7 Å². The van der Waals surface area contributed by atoms with Crippen molar-refractivity contribution in [2.45, 2.75) is 79.5 Å². The Morgan fingerprint density at radius 3 is 1.29 bits per heavy atom. The topological polar surface area (TPSA) is 269 Å². The molecule has 3 saturated heterocycles. The van der Waals surface area contributed by atoms with Gasteiger partial charge in [-0.05, 0) is 0 Å². The molecule has 3 heterocycles. The minimum absolute atomic E-state index is 0.254. The largest absolute Gasteiger partial charge is 0.394 e. The zero-order valence-corrected chi connectivity index (χ0v) is 20.6. The van der Waals surface area contributed by atoms with E-state index in [9.17, 15) is 56.2 Å². The van der Waals surface area contributed by atoms with Gasteiger partial charge >= 0.3 is 0 Å². The molecular formula is C22H40O16. The van der Waals surface area contributed by atoms with Gasteiger partial charge in [0, 0.05) is 11.8 Å². The molecule has 0 radical (unpaired) electrons. The summed E-state index contributed by atoms with van der Waals surface area (Å²) < 4.78 is 27.1. The number of hydrogen-bond donors (Lipinski definition) is 11. The first-order valence-corrected chi connectivity index (χ1v) is 12.4. The van der Waals surface area contributed by atoms with Gasteiger partial charge in [0.25, 0.3) is 0 Å². The van der Waals surface area contributed by atoms with Gasteiger partial charge in [0.05, 0.1) is 70.7 Å².